The van der Waals surface area contributed by atoms with E-state index in [1.807, 2.05) is 18.5 Å². The van der Waals surface area contributed by atoms with E-state index in [0.29, 0.717) is 6.54 Å². The fourth-order valence-electron chi connectivity index (χ4n) is 3.18. The van der Waals surface area contributed by atoms with Crippen molar-refractivity contribution >= 4 is 21.2 Å². The van der Waals surface area contributed by atoms with Crippen molar-refractivity contribution < 1.29 is 12.8 Å². The van der Waals surface area contributed by atoms with E-state index in [-0.39, 0.29) is 11.3 Å². The van der Waals surface area contributed by atoms with Gasteiger partial charge in [-0.2, -0.15) is 0 Å². The highest BCUT2D eigenvalue weighted by atomic mass is 32.2. The molecule has 120 valence electrons. The molecule has 0 radical (unpaired) electrons. The summed E-state index contributed by atoms with van der Waals surface area (Å²) in [6.07, 6.45) is 7.35. The Morgan fingerprint density at radius 1 is 1.45 bits per heavy atom. The van der Waals surface area contributed by atoms with E-state index in [1.54, 1.807) is 23.9 Å². The molecule has 0 spiro atoms. The van der Waals surface area contributed by atoms with Crippen molar-refractivity contribution in [2.24, 2.45) is 0 Å². The van der Waals surface area contributed by atoms with Gasteiger partial charge in [-0.15, -0.1) is 11.3 Å². The van der Waals surface area contributed by atoms with Crippen LogP contribution >= 0.6 is 11.3 Å². The third-order valence-corrected chi connectivity index (χ3v) is 6.85. The van der Waals surface area contributed by atoms with Gasteiger partial charge in [0.15, 0.2) is 9.84 Å². The topological polar surface area (TPSA) is 63.4 Å². The Morgan fingerprint density at radius 2 is 2.27 bits per heavy atom. The first kappa shape index (κ1) is 15.7. The molecule has 1 aliphatic rings. The van der Waals surface area contributed by atoms with Crippen LogP contribution in [0.3, 0.4) is 0 Å². The molecule has 2 atom stereocenters. The van der Waals surface area contributed by atoms with E-state index in [0.717, 1.165) is 35.5 Å². The summed E-state index contributed by atoms with van der Waals surface area (Å²) < 4.78 is 28.9. The second-order valence-corrected chi connectivity index (χ2v) is 9.06. The molecule has 0 aromatic carbocycles. The van der Waals surface area contributed by atoms with Gasteiger partial charge in [0.25, 0.3) is 0 Å². The highest BCUT2D eigenvalue weighted by Gasteiger charge is 2.37. The van der Waals surface area contributed by atoms with Gasteiger partial charge < -0.3 is 4.42 Å². The highest BCUT2D eigenvalue weighted by molar-refractivity contribution is 7.91. The van der Waals surface area contributed by atoms with E-state index >= 15 is 0 Å². The van der Waals surface area contributed by atoms with Gasteiger partial charge in [-0.3, -0.25) is 4.90 Å². The van der Waals surface area contributed by atoms with Crippen molar-refractivity contribution in [3.05, 3.63) is 29.7 Å². The first-order chi connectivity index (χ1) is 10.4. The van der Waals surface area contributed by atoms with Crippen LogP contribution in [0.5, 0.6) is 0 Å². The van der Waals surface area contributed by atoms with Crippen LogP contribution in [-0.4, -0.2) is 42.9 Å². The molecule has 22 heavy (non-hydrogen) atoms. The van der Waals surface area contributed by atoms with Crippen LogP contribution in [0.1, 0.15) is 25.0 Å². The van der Waals surface area contributed by atoms with Crippen molar-refractivity contribution in [3.63, 3.8) is 0 Å². The number of aromatic nitrogens is 1. The van der Waals surface area contributed by atoms with E-state index in [9.17, 15) is 8.42 Å². The van der Waals surface area contributed by atoms with Gasteiger partial charge in [-0.25, -0.2) is 13.4 Å². The summed E-state index contributed by atoms with van der Waals surface area (Å²) in [5.41, 5.74) is 1.96. The number of furan rings is 1. The third kappa shape index (κ3) is 3.26. The van der Waals surface area contributed by atoms with Gasteiger partial charge in [-0.05, 0) is 26.0 Å². The van der Waals surface area contributed by atoms with Crippen LogP contribution in [-0.2, 0) is 16.4 Å². The van der Waals surface area contributed by atoms with Crippen molar-refractivity contribution in [3.8, 4) is 10.6 Å². The smallest absolute Gasteiger partial charge is 0.151 e. The number of sulfone groups is 1. The zero-order valence-corrected chi connectivity index (χ0v) is 14.4. The van der Waals surface area contributed by atoms with Gasteiger partial charge in [0.1, 0.15) is 11.3 Å². The molecule has 2 aromatic heterocycles. The molecule has 1 saturated carbocycles. The molecule has 2 heterocycles. The molecule has 1 fully saturated rings. The number of hydrogen-bond acceptors (Lipinski definition) is 6. The van der Waals surface area contributed by atoms with Crippen molar-refractivity contribution in [1.29, 1.82) is 0 Å². The summed E-state index contributed by atoms with van der Waals surface area (Å²) in [5, 5.41) is 2.72. The predicted molar refractivity (Wildman–Crippen MR) is 87.6 cm³/mol. The molecule has 2 aromatic rings. The standard InChI is InChI=1S/C15H20N2O3S2/c1-17(13-4-3-5-14(13)22(2,18)19)8-12-10-21-15(16-12)11-6-7-20-9-11/h6-7,9-10,13-14H,3-5,8H2,1-2H3/t13-,14-/m1/s1. The van der Waals surface area contributed by atoms with Gasteiger partial charge in [-0.1, -0.05) is 6.42 Å². The lowest BCUT2D eigenvalue weighted by atomic mass is 10.2. The van der Waals surface area contributed by atoms with E-state index in [1.165, 1.54) is 6.26 Å². The summed E-state index contributed by atoms with van der Waals surface area (Å²) in [7, 11) is -1.00. The molecule has 0 unspecified atom stereocenters. The van der Waals surface area contributed by atoms with Gasteiger partial charge in [0.2, 0.25) is 0 Å². The number of rotatable bonds is 5. The van der Waals surface area contributed by atoms with Gasteiger partial charge in [0.05, 0.1) is 17.2 Å². The predicted octanol–water partition coefficient (Wildman–Crippen LogP) is 2.80. The Hall–Kier alpha value is -1.18. The second kappa shape index (κ2) is 6.14. The Balaban J connectivity index is 1.70. The highest BCUT2D eigenvalue weighted by Crippen LogP contribution is 2.30. The Bertz CT molecular complexity index is 722. The van der Waals surface area contributed by atoms with Crippen molar-refractivity contribution in [2.45, 2.75) is 37.1 Å². The zero-order valence-electron chi connectivity index (χ0n) is 12.7. The van der Waals surface area contributed by atoms with Gasteiger partial charge >= 0.3 is 0 Å². The lowest BCUT2D eigenvalue weighted by Gasteiger charge is -2.28. The fraction of sp³-hybridized carbons (Fsp3) is 0.533. The van der Waals surface area contributed by atoms with Crippen LogP contribution in [0.4, 0.5) is 0 Å². The molecule has 0 bridgehead atoms. The fourth-order valence-corrected chi connectivity index (χ4v) is 5.49. The number of nitrogens with zero attached hydrogens (tertiary/aromatic N) is 2. The summed E-state index contributed by atoms with van der Waals surface area (Å²) >= 11 is 1.58. The SMILES string of the molecule is CN(Cc1csc(-c2ccoc2)n1)[C@@H]1CCC[C@H]1S(C)(=O)=O. The minimum atomic E-state index is -2.99. The van der Waals surface area contributed by atoms with E-state index < -0.39 is 9.84 Å². The minimum Gasteiger partial charge on any atom is -0.472 e. The van der Waals surface area contributed by atoms with Crippen LogP contribution in [0.2, 0.25) is 0 Å². The molecule has 3 rings (SSSR count). The molecule has 5 nitrogen and oxygen atoms in total. The number of hydrogen-bond donors (Lipinski definition) is 0. The zero-order chi connectivity index (χ0) is 15.7. The Kier molecular flexibility index (Phi) is 4.38. The molecule has 7 heteroatoms. The lowest BCUT2D eigenvalue weighted by Crippen LogP contribution is -2.40. The van der Waals surface area contributed by atoms with E-state index in [2.05, 4.69) is 9.88 Å². The molecule has 0 saturated heterocycles. The Labute approximate surface area is 134 Å². The van der Waals surface area contributed by atoms with Crippen molar-refractivity contribution in [2.75, 3.05) is 13.3 Å². The summed E-state index contributed by atoms with van der Waals surface area (Å²) in [5.74, 6) is 0. The average molecular weight is 340 g/mol. The normalized spacial score (nSPS) is 22.5. The molecule has 0 amide bonds. The molecule has 0 aliphatic heterocycles. The molecular weight excluding hydrogens is 320 g/mol. The first-order valence-corrected chi connectivity index (χ1v) is 10.1. The maximum Gasteiger partial charge on any atom is 0.151 e. The van der Waals surface area contributed by atoms with Crippen LogP contribution < -0.4 is 0 Å². The largest absolute Gasteiger partial charge is 0.472 e. The molecular formula is C15H20N2O3S2. The molecule has 0 N–H and O–H groups in total. The summed E-state index contributed by atoms with van der Waals surface area (Å²) in [4.78, 5) is 6.75. The maximum atomic E-state index is 11.9. The molecule has 1 aliphatic carbocycles. The van der Waals surface area contributed by atoms with E-state index in [4.69, 9.17) is 4.42 Å². The van der Waals surface area contributed by atoms with Crippen LogP contribution in [0.15, 0.2) is 28.4 Å². The van der Waals surface area contributed by atoms with Gasteiger partial charge in [0, 0.05) is 29.8 Å². The first-order valence-electron chi connectivity index (χ1n) is 7.31. The van der Waals surface area contributed by atoms with Crippen LogP contribution in [0, 0.1) is 0 Å². The monoisotopic (exact) mass is 340 g/mol. The minimum absolute atomic E-state index is 0.0917. The second-order valence-electron chi connectivity index (χ2n) is 5.94. The van der Waals surface area contributed by atoms with Crippen LogP contribution in [0.25, 0.3) is 10.6 Å². The quantitative estimate of drug-likeness (QED) is 0.837. The third-order valence-electron chi connectivity index (χ3n) is 4.27. The summed E-state index contributed by atoms with van der Waals surface area (Å²) in [6, 6.07) is 1.98. The summed E-state index contributed by atoms with van der Waals surface area (Å²) in [6.45, 7) is 0.672. The number of thiazole rings is 1. The lowest BCUT2D eigenvalue weighted by molar-refractivity contribution is 0.236. The Morgan fingerprint density at radius 3 is 2.95 bits per heavy atom. The average Bonchev–Trinajstić information content (AvgIpc) is 3.19. The van der Waals surface area contributed by atoms with Crippen molar-refractivity contribution in [1.82, 2.24) is 9.88 Å². The maximum absolute atomic E-state index is 11.9.